The van der Waals surface area contributed by atoms with Gasteiger partial charge in [0, 0.05) is 10.6 Å². The standard InChI is InChI=1S/C20H24N2O2S.ClH/c1-13(25-17-9-7-16(24-2)8-10-17)20(23)22-19-5-3-4-14-12-15(21)6-11-18(14)19;/h6-13,19H,3-5,21H2,1-2H3,(H,22,23);1H. The van der Waals surface area contributed by atoms with Crippen LogP contribution < -0.4 is 15.8 Å². The molecule has 140 valence electrons. The van der Waals surface area contributed by atoms with Crippen LogP contribution in [0.5, 0.6) is 5.75 Å². The van der Waals surface area contributed by atoms with Crippen LogP contribution in [0.15, 0.2) is 47.4 Å². The first-order chi connectivity index (χ1) is 12.1. The van der Waals surface area contributed by atoms with E-state index in [0.717, 1.165) is 35.6 Å². The summed E-state index contributed by atoms with van der Waals surface area (Å²) < 4.78 is 5.17. The van der Waals surface area contributed by atoms with Gasteiger partial charge in [-0.3, -0.25) is 4.79 Å². The van der Waals surface area contributed by atoms with Crippen LogP contribution >= 0.6 is 24.2 Å². The van der Waals surface area contributed by atoms with Gasteiger partial charge in [-0.25, -0.2) is 0 Å². The predicted octanol–water partition coefficient (Wildman–Crippen LogP) is 4.37. The molecule has 0 saturated carbocycles. The van der Waals surface area contributed by atoms with Crippen LogP contribution in [0.25, 0.3) is 0 Å². The van der Waals surface area contributed by atoms with Gasteiger partial charge in [0.15, 0.2) is 0 Å². The molecule has 0 aromatic heterocycles. The number of ether oxygens (including phenoxy) is 1. The lowest BCUT2D eigenvalue weighted by atomic mass is 9.87. The van der Waals surface area contributed by atoms with Gasteiger partial charge in [-0.15, -0.1) is 24.2 Å². The molecule has 2 aromatic carbocycles. The second-order valence-corrected chi connectivity index (χ2v) is 7.76. The van der Waals surface area contributed by atoms with Crippen molar-refractivity contribution in [1.29, 1.82) is 0 Å². The number of nitrogens with one attached hydrogen (secondary N) is 1. The fraction of sp³-hybridized carbons (Fsp3) is 0.350. The van der Waals surface area contributed by atoms with Crippen LogP contribution in [0.1, 0.15) is 36.9 Å². The van der Waals surface area contributed by atoms with Gasteiger partial charge in [-0.1, -0.05) is 6.07 Å². The minimum atomic E-state index is -0.160. The molecule has 1 aliphatic carbocycles. The molecule has 1 amide bonds. The maximum atomic E-state index is 12.6. The first-order valence-corrected chi connectivity index (χ1v) is 9.44. The van der Waals surface area contributed by atoms with E-state index in [9.17, 15) is 4.79 Å². The zero-order chi connectivity index (χ0) is 17.8. The highest BCUT2D eigenvalue weighted by Crippen LogP contribution is 2.32. The van der Waals surface area contributed by atoms with Crippen molar-refractivity contribution in [3.05, 3.63) is 53.6 Å². The Bertz CT molecular complexity index is 752. The van der Waals surface area contributed by atoms with Gasteiger partial charge in [-0.05, 0) is 73.7 Å². The van der Waals surface area contributed by atoms with Gasteiger partial charge >= 0.3 is 0 Å². The highest BCUT2D eigenvalue weighted by atomic mass is 35.5. The molecular weight excluding hydrogens is 368 g/mol. The van der Waals surface area contributed by atoms with Crippen molar-refractivity contribution in [3.63, 3.8) is 0 Å². The van der Waals surface area contributed by atoms with E-state index in [2.05, 4.69) is 11.4 Å². The molecule has 2 aromatic rings. The zero-order valence-corrected chi connectivity index (χ0v) is 16.7. The minimum absolute atomic E-state index is 0. The van der Waals surface area contributed by atoms with E-state index >= 15 is 0 Å². The van der Waals surface area contributed by atoms with Crippen LogP contribution in [0.3, 0.4) is 0 Å². The van der Waals surface area contributed by atoms with E-state index in [1.54, 1.807) is 18.9 Å². The molecule has 0 fully saturated rings. The fourth-order valence-electron chi connectivity index (χ4n) is 3.19. The number of rotatable bonds is 5. The lowest BCUT2D eigenvalue weighted by Crippen LogP contribution is -2.35. The quantitative estimate of drug-likeness (QED) is 0.585. The number of fused-ring (bicyclic) bond motifs is 1. The first-order valence-electron chi connectivity index (χ1n) is 8.56. The number of aryl methyl sites for hydroxylation is 1. The van der Waals surface area contributed by atoms with E-state index < -0.39 is 0 Å². The Morgan fingerprint density at radius 1 is 1.27 bits per heavy atom. The van der Waals surface area contributed by atoms with Crippen molar-refractivity contribution in [2.24, 2.45) is 0 Å². The Hall–Kier alpha value is -1.85. The summed E-state index contributed by atoms with van der Waals surface area (Å²) in [6.07, 6.45) is 3.08. The van der Waals surface area contributed by atoms with E-state index in [0.29, 0.717) is 0 Å². The number of thioether (sulfide) groups is 1. The molecule has 3 rings (SSSR count). The first kappa shape index (κ1) is 20.5. The topological polar surface area (TPSA) is 64.3 Å². The summed E-state index contributed by atoms with van der Waals surface area (Å²) in [5.74, 6) is 0.884. The summed E-state index contributed by atoms with van der Waals surface area (Å²) in [6.45, 7) is 1.94. The SMILES string of the molecule is COc1ccc(SC(C)C(=O)NC2CCCc3cc(N)ccc32)cc1.Cl. The van der Waals surface area contributed by atoms with Crippen molar-refractivity contribution in [1.82, 2.24) is 5.32 Å². The van der Waals surface area contributed by atoms with Gasteiger partial charge in [0.25, 0.3) is 0 Å². The van der Waals surface area contributed by atoms with E-state index in [-0.39, 0.29) is 29.6 Å². The number of anilines is 1. The average molecular weight is 393 g/mol. The van der Waals surface area contributed by atoms with E-state index in [4.69, 9.17) is 10.5 Å². The van der Waals surface area contributed by atoms with Crippen molar-refractivity contribution < 1.29 is 9.53 Å². The van der Waals surface area contributed by atoms with E-state index in [1.165, 1.54) is 11.1 Å². The predicted molar refractivity (Wildman–Crippen MR) is 110 cm³/mol. The van der Waals surface area contributed by atoms with Gasteiger partial charge in [-0.2, -0.15) is 0 Å². The number of halogens is 1. The minimum Gasteiger partial charge on any atom is -0.497 e. The Balaban J connectivity index is 0.00000243. The van der Waals surface area contributed by atoms with Gasteiger partial charge in [0.1, 0.15) is 5.75 Å². The third-order valence-corrected chi connectivity index (χ3v) is 5.65. The van der Waals surface area contributed by atoms with E-state index in [1.807, 2.05) is 43.3 Å². The third-order valence-electron chi connectivity index (χ3n) is 4.54. The number of carbonyl (C=O) groups is 1. The summed E-state index contributed by atoms with van der Waals surface area (Å²) in [5.41, 5.74) is 9.13. The lowest BCUT2D eigenvalue weighted by molar-refractivity contribution is -0.121. The summed E-state index contributed by atoms with van der Waals surface area (Å²) in [5, 5.41) is 3.05. The third kappa shape index (κ3) is 4.86. The second-order valence-electron chi connectivity index (χ2n) is 6.35. The number of nitrogens with two attached hydrogens (primary N) is 1. The zero-order valence-electron chi connectivity index (χ0n) is 15.0. The lowest BCUT2D eigenvalue weighted by Gasteiger charge is -2.27. The maximum Gasteiger partial charge on any atom is 0.233 e. The van der Waals surface area contributed by atoms with Gasteiger partial charge < -0.3 is 15.8 Å². The molecular formula is C20H25ClN2O2S. The normalized spacial score (nSPS) is 16.8. The molecule has 6 heteroatoms. The van der Waals surface area contributed by atoms with Gasteiger partial charge in [0.05, 0.1) is 18.4 Å². The Labute approximate surface area is 165 Å². The number of methoxy groups -OCH3 is 1. The fourth-order valence-corrected chi connectivity index (χ4v) is 4.06. The Kier molecular flexibility index (Phi) is 7.23. The molecule has 3 N–H and O–H groups in total. The van der Waals surface area contributed by atoms with Crippen molar-refractivity contribution in [3.8, 4) is 5.75 Å². The van der Waals surface area contributed by atoms with Crippen LogP contribution in [0.2, 0.25) is 0 Å². The Morgan fingerprint density at radius 2 is 2.00 bits per heavy atom. The van der Waals surface area contributed by atoms with Gasteiger partial charge in [0.2, 0.25) is 5.91 Å². The monoisotopic (exact) mass is 392 g/mol. The summed E-state index contributed by atoms with van der Waals surface area (Å²) in [4.78, 5) is 13.7. The molecule has 2 unspecified atom stereocenters. The smallest absolute Gasteiger partial charge is 0.233 e. The number of benzene rings is 2. The van der Waals surface area contributed by atoms with Crippen molar-refractivity contribution >= 4 is 35.8 Å². The summed E-state index contributed by atoms with van der Waals surface area (Å²) in [6, 6.07) is 13.9. The highest BCUT2D eigenvalue weighted by molar-refractivity contribution is 8.00. The highest BCUT2D eigenvalue weighted by Gasteiger charge is 2.24. The molecule has 2 atom stereocenters. The maximum absolute atomic E-state index is 12.6. The van der Waals surface area contributed by atoms with Crippen molar-refractivity contribution in [2.75, 3.05) is 12.8 Å². The molecule has 0 saturated heterocycles. The Morgan fingerprint density at radius 3 is 2.69 bits per heavy atom. The number of hydrogen-bond donors (Lipinski definition) is 2. The van der Waals surface area contributed by atoms with Crippen LogP contribution in [0, 0.1) is 0 Å². The molecule has 1 aliphatic rings. The molecule has 0 heterocycles. The number of nitrogen functional groups attached to an aromatic ring is 1. The molecule has 4 nitrogen and oxygen atoms in total. The molecule has 0 radical (unpaired) electrons. The number of carbonyl (C=O) groups excluding carboxylic acids is 1. The molecule has 0 spiro atoms. The molecule has 26 heavy (non-hydrogen) atoms. The summed E-state index contributed by atoms with van der Waals surface area (Å²) >= 11 is 1.56. The van der Waals surface area contributed by atoms with Crippen LogP contribution in [0.4, 0.5) is 5.69 Å². The van der Waals surface area contributed by atoms with Crippen molar-refractivity contribution in [2.45, 2.75) is 42.4 Å². The average Bonchev–Trinajstić information content (AvgIpc) is 2.62. The van der Waals surface area contributed by atoms with Crippen LogP contribution in [-0.4, -0.2) is 18.3 Å². The second kappa shape index (κ2) is 9.19. The molecule has 0 bridgehead atoms. The van der Waals surface area contributed by atoms with Crippen LogP contribution in [-0.2, 0) is 11.2 Å². The number of amides is 1. The summed E-state index contributed by atoms with van der Waals surface area (Å²) in [7, 11) is 1.65. The largest absolute Gasteiger partial charge is 0.497 e. The number of hydrogen-bond acceptors (Lipinski definition) is 4. The molecule has 0 aliphatic heterocycles.